The second kappa shape index (κ2) is 9.54. The number of fused-ring (bicyclic) bond motifs is 1. The first kappa shape index (κ1) is 20.7. The zero-order chi connectivity index (χ0) is 21.8. The van der Waals surface area contributed by atoms with Crippen molar-refractivity contribution in [1.29, 1.82) is 0 Å². The van der Waals surface area contributed by atoms with Crippen molar-refractivity contribution in [3.8, 4) is 5.69 Å². The van der Waals surface area contributed by atoms with Crippen LogP contribution in [0.3, 0.4) is 0 Å². The second-order valence-corrected chi connectivity index (χ2v) is 8.69. The van der Waals surface area contributed by atoms with Crippen LogP contribution in [0.4, 0.5) is 5.69 Å². The molecule has 0 saturated carbocycles. The molecular weight excluding hydrogens is 398 g/mol. The summed E-state index contributed by atoms with van der Waals surface area (Å²) in [7, 11) is 0. The Balaban J connectivity index is 1.09. The van der Waals surface area contributed by atoms with Gasteiger partial charge in [0.2, 0.25) is 0 Å². The Labute approximate surface area is 188 Å². The molecule has 1 saturated heterocycles. The van der Waals surface area contributed by atoms with Crippen molar-refractivity contribution < 1.29 is 0 Å². The molecule has 2 aromatic heterocycles. The molecule has 1 aliphatic heterocycles. The van der Waals surface area contributed by atoms with Gasteiger partial charge in [-0.25, -0.2) is 0 Å². The van der Waals surface area contributed by atoms with E-state index in [9.17, 15) is 0 Å². The van der Waals surface area contributed by atoms with E-state index in [0.717, 1.165) is 63.5 Å². The number of hydrogen-bond acceptors (Lipinski definition) is 5. The molecule has 0 atom stereocenters. The summed E-state index contributed by atoms with van der Waals surface area (Å²) in [5.41, 5.74) is 11.8. The van der Waals surface area contributed by atoms with Gasteiger partial charge in [0.05, 0.1) is 0 Å². The number of nitrogens with one attached hydrogen (secondary N) is 1. The van der Waals surface area contributed by atoms with E-state index in [1.807, 2.05) is 16.7 Å². The highest BCUT2D eigenvalue weighted by Crippen LogP contribution is 2.23. The summed E-state index contributed by atoms with van der Waals surface area (Å²) < 4.78 is 1.95. The predicted octanol–water partition coefficient (Wildman–Crippen LogP) is 3.12. The number of aromatic amines is 1. The van der Waals surface area contributed by atoms with Crippen LogP contribution in [0.2, 0.25) is 0 Å². The summed E-state index contributed by atoms with van der Waals surface area (Å²) in [4.78, 5) is 8.60. The van der Waals surface area contributed by atoms with E-state index >= 15 is 0 Å². The maximum Gasteiger partial charge on any atom is 0.123 e. The summed E-state index contributed by atoms with van der Waals surface area (Å²) in [5, 5.41) is 9.13. The van der Waals surface area contributed by atoms with Crippen LogP contribution in [0.5, 0.6) is 0 Å². The molecule has 5 rings (SSSR count). The molecule has 0 aliphatic carbocycles. The molecule has 7 nitrogen and oxygen atoms in total. The van der Waals surface area contributed by atoms with Gasteiger partial charge in [-0.2, -0.15) is 0 Å². The van der Waals surface area contributed by atoms with Gasteiger partial charge < -0.3 is 20.5 Å². The third-order valence-corrected chi connectivity index (χ3v) is 6.52. The lowest BCUT2D eigenvalue weighted by molar-refractivity contribution is 0.132. The van der Waals surface area contributed by atoms with E-state index in [2.05, 4.69) is 61.5 Å². The molecule has 0 radical (unpaired) electrons. The summed E-state index contributed by atoms with van der Waals surface area (Å²) in [6, 6.07) is 14.7. The molecular formula is C25H31N7. The van der Waals surface area contributed by atoms with Crippen LogP contribution >= 0.6 is 0 Å². The molecule has 0 bridgehead atoms. The van der Waals surface area contributed by atoms with Gasteiger partial charge in [0.15, 0.2) is 0 Å². The molecule has 0 unspecified atom stereocenters. The zero-order valence-corrected chi connectivity index (χ0v) is 18.5. The molecule has 7 heteroatoms. The van der Waals surface area contributed by atoms with Crippen LogP contribution in [-0.2, 0) is 12.8 Å². The molecule has 0 spiro atoms. The maximum atomic E-state index is 5.90. The minimum absolute atomic E-state index is 0.859. The fraction of sp³-hybridized carbons (Fsp3) is 0.360. The summed E-state index contributed by atoms with van der Waals surface area (Å²) in [6.45, 7) is 6.88. The van der Waals surface area contributed by atoms with Crippen LogP contribution < -0.4 is 5.73 Å². The first-order valence-electron chi connectivity index (χ1n) is 11.5. The molecule has 4 aromatic rings. The van der Waals surface area contributed by atoms with Gasteiger partial charge in [0.1, 0.15) is 12.7 Å². The number of H-pyrrole nitrogens is 1. The average Bonchev–Trinajstić information content (AvgIpc) is 3.49. The third kappa shape index (κ3) is 4.84. The van der Waals surface area contributed by atoms with Gasteiger partial charge in [-0.3, -0.25) is 4.57 Å². The molecule has 2 aromatic carbocycles. The number of rotatable bonds is 8. The number of anilines is 1. The molecule has 1 fully saturated rings. The van der Waals surface area contributed by atoms with Gasteiger partial charge >= 0.3 is 0 Å². The Kier molecular flexibility index (Phi) is 6.18. The van der Waals surface area contributed by atoms with Gasteiger partial charge in [-0.15, -0.1) is 10.2 Å². The largest absolute Gasteiger partial charge is 0.399 e. The van der Waals surface area contributed by atoms with Crippen LogP contribution in [0.15, 0.2) is 61.3 Å². The minimum atomic E-state index is 0.859. The molecule has 166 valence electrons. The Morgan fingerprint density at radius 2 is 1.66 bits per heavy atom. The SMILES string of the molecule is Nc1cccc(CCN2CCN(CCCc3c[nH]c4ccc(-n5cnnc5)cc34)CC2)c1. The van der Waals surface area contributed by atoms with E-state index < -0.39 is 0 Å². The summed E-state index contributed by atoms with van der Waals surface area (Å²) in [6.07, 6.45) is 8.97. The highest BCUT2D eigenvalue weighted by Gasteiger charge is 2.16. The Hall–Kier alpha value is -3.16. The number of nitrogens with zero attached hydrogens (tertiary/aromatic N) is 5. The van der Waals surface area contributed by atoms with E-state index in [-0.39, 0.29) is 0 Å². The third-order valence-electron chi connectivity index (χ3n) is 6.52. The van der Waals surface area contributed by atoms with E-state index in [0.29, 0.717) is 0 Å². The van der Waals surface area contributed by atoms with Crippen molar-refractivity contribution in [2.45, 2.75) is 19.3 Å². The quantitative estimate of drug-likeness (QED) is 0.421. The van der Waals surface area contributed by atoms with Gasteiger partial charge in [0.25, 0.3) is 0 Å². The van der Waals surface area contributed by atoms with E-state index in [1.54, 1.807) is 12.7 Å². The Morgan fingerprint density at radius 1 is 0.875 bits per heavy atom. The average molecular weight is 430 g/mol. The van der Waals surface area contributed by atoms with E-state index in [4.69, 9.17) is 5.73 Å². The normalized spacial score (nSPS) is 15.5. The summed E-state index contributed by atoms with van der Waals surface area (Å²) in [5.74, 6) is 0. The number of aryl methyl sites for hydroxylation is 1. The van der Waals surface area contributed by atoms with Gasteiger partial charge in [0, 0.05) is 61.2 Å². The van der Waals surface area contributed by atoms with Gasteiger partial charge in [-0.05, 0) is 67.3 Å². The molecule has 3 N–H and O–H groups in total. The number of nitrogens with two attached hydrogens (primary N) is 1. The first-order chi connectivity index (χ1) is 15.7. The maximum absolute atomic E-state index is 5.90. The lowest BCUT2D eigenvalue weighted by Gasteiger charge is -2.34. The van der Waals surface area contributed by atoms with E-state index in [1.165, 1.54) is 28.5 Å². The van der Waals surface area contributed by atoms with Crippen molar-refractivity contribution in [2.24, 2.45) is 0 Å². The van der Waals surface area contributed by atoms with Crippen molar-refractivity contribution in [2.75, 3.05) is 45.0 Å². The van der Waals surface area contributed by atoms with Crippen molar-refractivity contribution in [3.05, 3.63) is 72.4 Å². The monoisotopic (exact) mass is 429 g/mol. The fourth-order valence-corrected chi connectivity index (χ4v) is 4.63. The van der Waals surface area contributed by atoms with Crippen molar-refractivity contribution >= 4 is 16.6 Å². The smallest absolute Gasteiger partial charge is 0.123 e. The predicted molar refractivity (Wildman–Crippen MR) is 129 cm³/mol. The highest BCUT2D eigenvalue weighted by atomic mass is 15.3. The molecule has 3 heterocycles. The minimum Gasteiger partial charge on any atom is -0.399 e. The number of nitrogen functional groups attached to an aromatic ring is 1. The molecule has 1 aliphatic rings. The zero-order valence-electron chi connectivity index (χ0n) is 18.5. The topological polar surface area (TPSA) is 79.0 Å². The standard InChI is InChI=1S/C25H31N7/c26-22-5-1-3-20(15-22)8-10-31-13-11-30(12-14-31)9-2-4-21-17-27-25-7-6-23(16-24(21)25)32-18-28-29-19-32/h1,3,5-7,15-19,27H,2,4,8-14,26H2. The Bertz CT molecular complexity index is 1140. The number of piperazine rings is 1. The number of hydrogen-bond donors (Lipinski definition) is 2. The summed E-state index contributed by atoms with van der Waals surface area (Å²) >= 11 is 0. The Morgan fingerprint density at radius 3 is 2.44 bits per heavy atom. The molecule has 0 amide bonds. The lowest BCUT2D eigenvalue weighted by atomic mass is 10.1. The van der Waals surface area contributed by atoms with Gasteiger partial charge in [-0.1, -0.05) is 12.1 Å². The van der Waals surface area contributed by atoms with Crippen LogP contribution in [0.1, 0.15) is 17.5 Å². The second-order valence-electron chi connectivity index (χ2n) is 8.69. The van der Waals surface area contributed by atoms with Crippen molar-refractivity contribution in [3.63, 3.8) is 0 Å². The van der Waals surface area contributed by atoms with Crippen molar-refractivity contribution in [1.82, 2.24) is 29.5 Å². The number of benzene rings is 2. The lowest BCUT2D eigenvalue weighted by Crippen LogP contribution is -2.47. The van der Waals surface area contributed by atoms with Crippen LogP contribution in [0.25, 0.3) is 16.6 Å². The van der Waals surface area contributed by atoms with Crippen LogP contribution in [0, 0.1) is 0 Å². The highest BCUT2D eigenvalue weighted by molar-refractivity contribution is 5.85. The van der Waals surface area contributed by atoms with Crippen LogP contribution in [-0.4, -0.2) is 68.8 Å². The molecule has 32 heavy (non-hydrogen) atoms. The number of aromatic nitrogens is 4. The fourth-order valence-electron chi connectivity index (χ4n) is 4.63. The first-order valence-corrected chi connectivity index (χ1v) is 11.5.